The van der Waals surface area contributed by atoms with Crippen molar-refractivity contribution in [1.82, 2.24) is 4.57 Å². The zero-order chi connectivity index (χ0) is 23.2. The third-order valence-electron chi connectivity index (χ3n) is 4.16. The fraction of sp³-hybridized carbons (Fsp3) is 0.304. The fourth-order valence-corrected chi connectivity index (χ4v) is 3.20. The number of aldehydes is 1. The maximum atomic E-state index is 14.2. The number of pyridine rings is 1. The van der Waals surface area contributed by atoms with Gasteiger partial charge in [0.05, 0.1) is 16.9 Å². The van der Waals surface area contributed by atoms with E-state index in [0.29, 0.717) is 28.1 Å². The molecule has 1 aromatic heterocycles. The van der Waals surface area contributed by atoms with E-state index in [1.807, 2.05) is 0 Å². The topological polar surface area (TPSA) is 68.5 Å². The first-order valence-electron chi connectivity index (χ1n) is 9.09. The normalized spacial score (nSPS) is 11.9. The largest absolute Gasteiger partial charge is 0.400 e. The van der Waals surface area contributed by atoms with Gasteiger partial charge in [0.15, 0.2) is 12.4 Å². The van der Waals surface area contributed by atoms with Crippen LogP contribution in [-0.2, 0) is 16.6 Å². The van der Waals surface area contributed by atoms with E-state index in [1.165, 1.54) is 17.7 Å². The summed E-state index contributed by atoms with van der Waals surface area (Å²) in [6.07, 6.45) is 0.952. The minimum absolute atomic E-state index is 0.202. The molecule has 0 aliphatic carbocycles. The molecule has 0 aliphatic rings. The molecule has 1 heterocycles. The smallest absolute Gasteiger partial charge is 0.261 e. The van der Waals surface area contributed by atoms with Gasteiger partial charge in [0.2, 0.25) is 0 Å². The van der Waals surface area contributed by atoms with Gasteiger partial charge < -0.3 is 19.2 Å². The molecule has 0 radical (unpaired) electrons. The highest BCUT2D eigenvalue weighted by molar-refractivity contribution is 6.30. The van der Waals surface area contributed by atoms with Crippen LogP contribution in [0.2, 0.25) is 5.02 Å². The molecule has 0 amide bonds. The molecule has 162 valence electrons. The summed E-state index contributed by atoms with van der Waals surface area (Å²) in [4.78, 5) is 24.8. The number of nitrogens with zero attached hydrogens (tertiary/aromatic N) is 1. The van der Waals surface area contributed by atoms with E-state index in [9.17, 15) is 14.0 Å². The van der Waals surface area contributed by atoms with Crippen LogP contribution in [0.15, 0.2) is 42.2 Å². The van der Waals surface area contributed by atoms with Crippen molar-refractivity contribution in [2.45, 2.75) is 32.5 Å². The van der Waals surface area contributed by atoms with Gasteiger partial charge in [0, 0.05) is 24.7 Å². The average molecular weight is 436 g/mol. The van der Waals surface area contributed by atoms with Crippen LogP contribution in [0, 0.1) is 0 Å². The van der Waals surface area contributed by atoms with Gasteiger partial charge in [0.25, 0.3) is 5.56 Å². The standard InChI is InChI=1S/C22H23ClFNO3.CH4O/c1-7-16-18(13(2)24)21(27)25(6)20(17(12-26)28-22(3,4)5)19(16)14-8-10-15(23)11-9-14;1-2/h7-12,17H,1-2H2,3-6H3;2H,1H3. The van der Waals surface area contributed by atoms with Crippen molar-refractivity contribution in [2.75, 3.05) is 7.11 Å². The molecule has 0 aliphatic heterocycles. The van der Waals surface area contributed by atoms with Crippen LogP contribution in [-0.4, -0.2) is 28.7 Å². The summed E-state index contributed by atoms with van der Waals surface area (Å²) < 4.78 is 21.3. The van der Waals surface area contributed by atoms with Gasteiger partial charge in [-0.05, 0) is 44.0 Å². The number of aromatic nitrogens is 1. The number of halogens is 2. The molecular formula is C23H27ClFNO4. The number of carbonyl (C=O) groups excluding carboxylic acids is 1. The molecule has 5 nitrogen and oxygen atoms in total. The predicted octanol–water partition coefficient (Wildman–Crippen LogP) is 4.95. The lowest BCUT2D eigenvalue weighted by Gasteiger charge is -2.28. The van der Waals surface area contributed by atoms with Crippen molar-refractivity contribution >= 4 is 29.8 Å². The van der Waals surface area contributed by atoms with Gasteiger partial charge in [-0.3, -0.25) is 4.79 Å². The predicted molar refractivity (Wildman–Crippen MR) is 120 cm³/mol. The summed E-state index contributed by atoms with van der Waals surface area (Å²) >= 11 is 6.00. The second-order valence-electron chi connectivity index (χ2n) is 7.32. The van der Waals surface area contributed by atoms with Gasteiger partial charge in [-0.15, -0.1) is 0 Å². The number of hydrogen-bond acceptors (Lipinski definition) is 4. The number of aliphatic hydroxyl groups is 1. The Kier molecular flexibility index (Phi) is 8.90. The molecule has 0 saturated carbocycles. The van der Waals surface area contributed by atoms with Crippen molar-refractivity contribution in [3.8, 4) is 11.1 Å². The molecule has 1 atom stereocenters. The van der Waals surface area contributed by atoms with Crippen LogP contribution in [0.1, 0.15) is 43.7 Å². The van der Waals surface area contributed by atoms with Gasteiger partial charge in [-0.2, -0.15) is 0 Å². The van der Waals surface area contributed by atoms with Crippen LogP contribution in [0.25, 0.3) is 23.0 Å². The first kappa shape index (κ1) is 25.5. The van der Waals surface area contributed by atoms with Crippen molar-refractivity contribution in [1.29, 1.82) is 0 Å². The monoisotopic (exact) mass is 435 g/mol. The van der Waals surface area contributed by atoms with E-state index < -0.39 is 23.1 Å². The zero-order valence-corrected chi connectivity index (χ0v) is 18.6. The lowest BCUT2D eigenvalue weighted by Crippen LogP contribution is -2.31. The molecule has 0 saturated heterocycles. The number of hydrogen-bond donors (Lipinski definition) is 1. The molecule has 1 aromatic carbocycles. The number of ether oxygens (including phenoxy) is 1. The zero-order valence-electron chi connectivity index (χ0n) is 17.8. The van der Waals surface area contributed by atoms with Crippen LogP contribution >= 0.6 is 11.6 Å². The highest BCUT2D eigenvalue weighted by Crippen LogP contribution is 2.37. The minimum atomic E-state index is -1.05. The minimum Gasteiger partial charge on any atom is -0.400 e. The van der Waals surface area contributed by atoms with Gasteiger partial charge in [-0.25, -0.2) is 4.39 Å². The van der Waals surface area contributed by atoms with Gasteiger partial charge in [0.1, 0.15) is 5.83 Å². The van der Waals surface area contributed by atoms with Crippen LogP contribution in [0.5, 0.6) is 0 Å². The summed E-state index contributed by atoms with van der Waals surface area (Å²) in [7, 11) is 2.47. The van der Waals surface area contributed by atoms with Crippen molar-refractivity contribution in [3.63, 3.8) is 0 Å². The molecule has 0 spiro atoms. The molecule has 1 N–H and O–H groups in total. The molecule has 7 heteroatoms. The third-order valence-corrected chi connectivity index (χ3v) is 4.41. The molecule has 0 bridgehead atoms. The van der Waals surface area contributed by atoms with Crippen LogP contribution in [0.3, 0.4) is 0 Å². The molecule has 0 fully saturated rings. The summed E-state index contributed by atoms with van der Waals surface area (Å²) in [6, 6.07) is 6.79. The highest BCUT2D eigenvalue weighted by Gasteiger charge is 2.29. The lowest BCUT2D eigenvalue weighted by atomic mass is 9.91. The summed E-state index contributed by atoms with van der Waals surface area (Å²) in [5.41, 5.74) is 0.163. The SMILES string of the molecule is C=Cc1c(-c2ccc(Cl)cc2)c(C(C=O)OC(C)(C)C)n(C)c(=O)c1C(=C)F.CO. The van der Waals surface area contributed by atoms with Crippen molar-refractivity contribution < 1.29 is 19.0 Å². The van der Waals surface area contributed by atoms with Crippen LogP contribution < -0.4 is 5.56 Å². The van der Waals surface area contributed by atoms with Gasteiger partial charge in [-0.1, -0.05) is 43.0 Å². The second-order valence-corrected chi connectivity index (χ2v) is 7.75. The first-order valence-corrected chi connectivity index (χ1v) is 9.47. The highest BCUT2D eigenvalue weighted by atomic mass is 35.5. The quantitative estimate of drug-likeness (QED) is 0.651. The number of carbonyl (C=O) groups is 1. The van der Waals surface area contributed by atoms with Crippen molar-refractivity contribution in [2.24, 2.45) is 7.05 Å². The maximum Gasteiger partial charge on any atom is 0.261 e. The van der Waals surface area contributed by atoms with E-state index in [2.05, 4.69) is 13.2 Å². The van der Waals surface area contributed by atoms with E-state index in [1.54, 1.807) is 45.0 Å². The molecule has 1 unspecified atom stereocenters. The Morgan fingerprint density at radius 1 is 1.27 bits per heavy atom. The Balaban J connectivity index is 0.00000218. The number of rotatable bonds is 6. The van der Waals surface area contributed by atoms with E-state index in [0.717, 1.165) is 7.11 Å². The molecule has 2 aromatic rings. The summed E-state index contributed by atoms with van der Waals surface area (Å²) in [5.74, 6) is -0.878. The Morgan fingerprint density at radius 3 is 2.20 bits per heavy atom. The Hall–Kier alpha value is -2.54. The fourth-order valence-electron chi connectivity index (χ4n) is 3.07. The van der Waals surface area contributed by atoms with E-state index in [-0.39, 0.29) is 11.1 Å². The van der Waals surface area contributed by atoms with Crippen molar-refractivity contribution in [3.05, 3.63) is 69.6 Å². The first-order chi connectivity index (χ1) is 14.0. The Labute approximate surface area is 181 Å². The summed E-state index contributed by atoms with van der Waals surface area (Å²) in [6.45, 7) is 12.4. The number of benzene rings is 1. The lowest BCUT2D eigenvalue weighted by molar-refractivity contribution is -0.129. The average Bonchev–Trinajstić information content (AvgIpc) is 2.69. The maximum absolute atomic E-state index is 14.2. The molecule has 2 rings (SSSR count). The Bertz CT molecular complexity index is 988. The molecule has 30 heavy (non-hydrogen) atoms. The van der Waals surface area contributed by atoms with Gasteiger partial charge >= 0.3 is 0 Å². The molecular weight excluding hydrogens is 409 g/mol. The summed E-state index contributed by atoms with van der Waals surface area (Å²) in [5, 5.41) is 7.52. The second kappa shape index (κ2) is 10.5. The Morgan fingerprint density at radius 2 is 1.80 bits per heavy atom. The number of aliphatic hydroxyl groups excluding tert-OH is 1. The third kappa shape index (κ3) is 5.53. The van der Waals surface area contributed by atoms with Crippen LogP contribution in [0.4, 0.5) is 4.39 Å². The van der Waals surface area contributed by atoms with E-state index >= 15 is 0 Å². The van der Waals surface area contributed by atoms with E-state index in [4.69, 9.17) is 21.4 Å².